The third-order valence-corrected chi connectivity index (χ3v) is 5.47. The van der Waals surface area contributed by atoms with Crippen LogP contribution in [0.4, 0.5) is 0 Å². The van der Waals surface area contributed by atoms with Gasteiger partial charge in [-0.25, -0.2) is 4.98 Å². The standard InChI is InChI=1S/C17H29N5OS.HI/c1-13-20-14(11-24-13)10-22(5)16(18-2)19-12-17(8-6-7-9-17)15(23)21(3)4;/h11H,6-10,12H2,1-5H3,(H,18,19);1H. The van der Waals surface area contributed by atoms with Crippen molar-refractivity contribution in [1.29, 1.82) is 0 Å². The molecule has 1 fully saturated rings. The molecule has 2 rings (SSSR count). The largest absolute Gasteiger partial charge is 0.355 e. The molecule has 25 heavy (non-hydrogen) atoms. The van der Waals surface area contributed by atoms with Gasteiger partial charge in [-0.15, -0.1) is 35.3 Å². The molecule has 0 radical (unpaired) electrons. The number of hydrogen-bond donors (Lipinski definition) is 1. The summed E-state index contributed by atoms with van der Waals surface area (Å²) >= 11 is 1.66. The minimum absolute atomic E-state index is 0. The number of guanidine groups is 1. The van der Waals surface area contributed by atoms with Crippen LogP contribution < -0.4 is 5.32 Å². The second-order valence-corrected chi connectivity index (χ2v) is 7.86. The molecule has 1 amide bonds. The van der Waals surface area contributed by atoms with Crippen LogP contribution in [-0.2, 0) is 11.3 Å². The Hall–Kier alpha value is -0.900. The zero-order valence-corrected chi connectivity index (χ0v) is 19.0. The number of aromatic nitrogens is 1. The molecule has 6 nitrogen and oxygen atoms in total. The van der Waals surface area contributed by atoms with E-state index in [4.69, 9.17) is 0 Å². The van der Waals surface area contributed by atoms with Crippen LogP contribution in [-0.4, -0.2) is 61.4 Å². The monoisotopic (exact) mass is 479 g/mol. The lowest BCUT2D eigenvalue weighted by atomic mass is 9.84. The Morgan fingerprint density at radius 3 is 2.48 bits per heavy atom. The van der Waals surface area contributed by atoms with Crippen molar-refractivity contribution in [3.63, 3.8) is 0 Å². The van der Waals surface area contributed by atoms with Crippen molar-refractivity contribution in [1.82, 2.24) is 20.1 Å². The molecule has 1 aliphatic carbocycles. The van der Waals surface area contributed by atoms with Gasteiger partial charge >= 0.3 is 0 Å². The number of hydrogen-bond acceptors (Lipinski definition) is 4. The normalized spacial score (nSPS) is 16.3. The highest BCUT2D eigenvalue weighted by molar-refractivity contribution is 14.0. The van der Waals surface area contributed by atoms with Crippen molar-refractivity contribution in [2.75, 3.05) is 34.7 Å². The zero-order chi connectivity index (χ0) is 17.7. The van der Waals surface area contributed by atoms with E-state index >= 15 is 0 Å². The molecule has 1 aliphatic rings. The van der Waals surface area contributed by atoms with E-state index in [1.807, 2.05) is 28.1 Å². The van der Waals surface area contributed by atoms with E-state index in [1.54, 1.807) is 23.3 Å². The van der Waals surface area contributed by atoms with Gasteiger partial charge in [-0.05, 0) is 19.8 Å². The van der Waals surface area contributed by atoms with Crippen LogP contribution in [0.15, 0.2) is 10.4 Å². The van der Waals surface area contributed by atoms with Gasteiger partial charge in [0.05, 0.1) is 22.7 Å². The lowest BCUT2D eigenvalue weighted by molar-refractivity contribution is -0.138. The summed E-state index contributed by atoms with van der Waals surface area (Å²) in [5.41, 5.74) is 0.750. The molecule has 0 atom stereocenters. The van der Waals surface area contributed by atoms with E-state index < -0.39 is 0 Å². The molecule has 1 aromatic heterocycles. The first-order valence-electron chi connectivity index (χ1n) is 8.42. The lowest BCUT2D eigenvalue weighted by Gasteiger charge is -2.32. The van der Waals surface area contributed by atoms with Crippen molar-refractivity contribution in [3.05, 3.63) is 16.1 Å². The fraction of sp³-hybridized carbons (Fsp3) is 0.706. The number of aryl methyl sites for hydroxylation is 1. The molecule has 1 saturated carbocycles. The average molecular weight is 479 g/mol. The maximum Gasteiger partial charge on any atom is 0.230 e. The van der Waals surface area contributed by atoms with E-state index in [2.05, 4.69) is 25.6 Å². The van der Waals surface area contributed by atoms with Crippen molar-refractivity contribution in [3.8, 4) is 0 Å². The van der Waals surface area contributed by atoms with Crippen molar-refractivity contribution in [2.45, 2.75) is 39.2 Å². The van der Waals surface area contributed by atoms with Crippen LogP contribution in [0, 0.1) is 12.3 Å². The Morgan fingerprint density at radius 1 is 1.36 bits per heavy atom. The number of rotatable bonds is 5. The molecule has 0 aliphatic heterocycles. The maximum absolute atomic E-state index is 12.7. The topological polar surface area (TPSA) is 60.8 Å². The molecule has 0 saturated heterocycles. The van der Waals surface area contributed by atoms with Gasteiger partial charge < -0.3 is 15.1 Å². The van der Waals surface area contributed by atoms with Crippen molar-refractivity contribution < 1.29 is 4.79 Å². The highest BCUT2D eigenvalue weighted by atomic mass is 127. The second kappa shape index (κ2) is 9.70. The van der Waals surface area contributed by atoms with Crippen LogP contribution in [0.2, 0.25) is 0 Å². The van der Waals surface area contributed by atoms with Gasteiger partial charge in [0.1, 0.15) is 0 Å². The Labute approximate surface area is 172 Å². The Morgan fingerprint density at radius 2 is 2.00 bits per heavy atom. The smallest absolute Gasteiger partial charge is 0.230 e. The highest BCUT2D eigenvalue weighted by Crippen LogP contribution is 2.38. The summed E-state index contributed by atoms with van der Waals surface area (Å²) in [5.74, 6) is 1.03. The van der Waals surface area contributed by atoms with Gasteiger partial charge in [-0.2, -0.15) is 0 Å². The number of nitrogens with one attached hydrogen (secondary N) is 1. The van der Waals surface area contributed by atoms with E-state index in [9.17, 15) is 4.79 Å². The summed E-state index contributed by atoms with van der Waals surface area (Å²) in [5, 5.41) is 6.57. The van der Waals surface area contributed by atoms with Gasteiger partial charge in [0, 0.05) is 40.1 Å². The van der Waals surface area contributed by atoms with Crippen LogP contribution in [0.25, 0.3) is 0 Å². The van der Waals surface area contributed by atoms with Gasteiger partial charge in [0.2, 0.25) is 5.91 Å². The Kier molecular flexibility index (Phi) is 8.59. The number of nitrogens with zero attached hydrogens (tertiary/aromatic N) is 4. The minimum Gasteiger partial charge on any atom is -0.355 e. The minimum atomic E-state index is -0.294. The molecule has 0 unspecified atom stereocenters. The van der Waals surface area contributed by atoms with Crippen molar-refractivity contribution >= 4 is 47.2 Å². The van der Waals surface area contributed by atoms with Crippen LogP contribution in [0.1, 0.15) is 36.4 Å². The zero-order valence-electron chi connectivity index (χ0n) is 15.8. The predicted octanol–water partition coefficient (Wildman–Crippen LogP) is 2.73. The highest BCUT2D eigenvalue weighted by Gasteiger charge is 2.42. The molecule has 0 bridgehead atoms. The first-order chi connectivity index (χ1) is 11.4. The lowest BCUT2D eigenvalue weighted by Crippen LogP contribution is -2.49. The third kappa shape index (κ3) is 5.54. The van der Waals surface area contributed by atoms with Crippen molar-refractivity contribution in [2.24, 2.45) is 10.4 Å². The molecule has 142 valence electrons. The number of thiazole rings is 1. The molecular formula is C17H30IN5OS. The average Bonchev–Trinajstić information content (AvgIpc) is 3.17. The predicted molar refractivity (Wildman–Crippen MR) is 115 cm³/mol. The van der Waals surface area contributed by atoms with E-state index in [1.165, 1.54) is 0 Å². The second-order valence-electron chi connectivity index (χ2n) is 6.80. The third-order valence-electron chi connectivity index (χ3n) is 4.64. The van der Waals surface area contributed by atoms with E-state index in [0.717, 1.165) is 42.3 Å². The van der Waals surface area contributed by atoms with E-state index in [-0.39, 0.29) is 35.3 Å². The van der Waals surface area contributed by atoms with Crippen LogP contribution >= 0.6 is 35.3 Å². The first kappa shape index (κ1) is 22.1. The number of carbonyl (C=O) groups excluding carboxylic acids is 1. The van der Waals surface area contributed by atoms with Crippen LogP contribution in [0.5, 0.6) is 0 Å². The Balaban J connectivity index is 0.00000312. The Bertz CT molecular complexity index is 596. The molecule has 1 N–H and O–H groups in total. The quantitative estimate of drug-likeness (QED) is 0.401. The number of aliphatic imine (C=N–C) groups is 1. The summed E-state index contributed by atoms with van der Waals surface area (Å²) in [6.07, 6.45) is 4.13. The van der Waals surface area contributed by atoms with Gasteiger partial charge in [-0.3, -0.25) is 9.79 Å². The van der Waals surface area contributed by atoms with E-state index in [0.29, 0.717) is 13.1 Å². The molecule has 0 aromatic carbocycles. The summed E-state index contributed by atoms with van der Waals surface area (Å²) < 4.78 is 0. The summed E-state index contributed by atoms with van der Waals surface area (Å²) in [6, 6.07) is 0. The van der Waals surface area contributed by atoms with Crippen LogP contribution in [0.3, 0.4) is 0 Å². The molecule has 0 spiro atoms. The summed E-state index contributed by atoms with van der Waals surface area (Å²) in [7, 11) is 7.46. The maximum atomic E-state index is 12.7. The molecule has 1 heterocycles. The summed E-state index contributed by atoms with van der Waals surface area (Å²) in [6.45, 7) is 3.35. The summed E-state index contributed by atoms with van der Waals surface area (Å²) in [4.78, 5) is 25.3. The first-order valence-corrected chi connectivity index (χ1v) is 9.30. The van der Waals surface area contributed by atoms with Gasteiger partial charge in [0.15, 0.2) is 5.96 Å². The fourth-order valence-corrected chi connectivity index (χ4v) is 4.03. The molecular weight excluding hydrogens is 449 g/mol. The molecule has 1 aromatic rings. The number of carbonyl (C=O) groups is 1. The fourth-order valence-electron chi connectivity index (χ4n) is 3.42. The molecule has 8 heteroatoms. The number of amides is 1. The van der Waals surface area contributed by atoms with Gasteiger partial charge in [0.25, 0.3) is 0 Å². The SMILES string of the molecule is CN=C(NCC1(C(=O)N(C)C)CCCC1)N(C)Cc1csc(C)n1.I. The number of halogens is 1. The van der Waals surface area contributed by atoms with Gasteiger partial charge in [-0.1, -0.05) is 12.8 Å².